The lowest BCUT2D eigenvalue weighted by molar-refractivity contribution is -0.116. The molecule has 31 heavy (non-hydrogen) atoms. The number of carbonyl (C=O) groups excluding carboxylic acids is 1. The molecule has 0 saturated carbocycles. The van der Waals surface area contributed by atoms with Crippen molar-refractivity contribution in [3.63, 3.8) is 0 Å². The zero-order valence-electron chi connectivity index (χ0n) is 17.5. The maximum atomic E-state index is 12.3. The molecule has 0 fully saturated rings. The van der Waals surface area contributed by atoms with Crippen LogP contribution in [0.3, 0.4) is 0 Å². The largest absolute Gasteiger partial charge is 0.496 e. The van der Waals surface area contributed by atoms with Gasteiger partial charge >= 0.3 is 0 Å². The van der Waals surface area contributed by atoms with Gasteiger partial charge in [-0.2, -0.15) is 4.98 Å². The molecule has 3 aromatic heterocycles. The summed E-state index contributed by atoms with van der Waals surface area (Å²) in [6.45, 7) is 4.45. The van der Waals surface area contributed by atoms with E-state index < -0.39 is 0 Å². The van der Waals surface area contributed by atoms with Crippen molar-refractivity contribution in [1.29, 1.82) is 0 Å². The number of amides is 1. The van der Waals surface area contributed by atoms with Gasteiger partial charge in [-0.25, -0.2) is 14.5 Å². The zero-order valence-corrected chi connectivity index (χ0v) is 18.4. The molecule has 160 valence electrons. The van der Waals surface area contributed by atoms with Crippen LogP contribution in [0.25, 0.3) is 16.2 Å². The molecule has 0 unspecified atom stereocenters. The normalized spacial score (nSPS) is 10.9. The van der Waals surface area contributed by atoms with Crippen molar-refractivity contribution in [3.05, 3.63) is 47.1 Å². The first-order valence-electron chi connectivity index (χ1n) is 9.87. The number of rotatable bonds is 8. The number of thiazole rings is 1. The van der Waals surface area contributed by atoms with Crippen molar-refractivity contribution >= 4 is 34.1 Å². The summed E-state index contributed by atoms with van der Waals surface area (Å²) in [5.74, 6) is 1.49. The number of ether oxygens (including phenoxy) is 1. The zero-order chi connectivity index (χ0) is 21.8. The standard InChI is InChI=1S/C21H23N7O2S/c1-13-11-14(2)24-19(23-13)22-10-6-9-18(29)25-20-26-21-28(27-20)16(12-31-21)15-7-4-5-8-17(15)30-3/h4-5,7-8,11-12H,6,9-10H2,1-3H3,(H,22,23,24)(H,25,27,29). The number of benzene rings is 1. The number of anilines is 2. The highest BCUT2D eigenvalue weighted by Gasteiger charge is 2.15. The summed E-state index contributed by atoms with van der Waals surface area (Å²) in [4.78, 5) is 26.1. The molecule has 4 aromatic rings. The van der Waals surface area contributed by atoms with Crippen molar-refractivity contribution in [3.8, 4) is 17.0 Å². The Bertz CT molecular complexity index is 1200. The summed E-state index contributed by atoms with van der Waals surface area (Å²) >= 11 is 1.46. The van der Waals surface area contributed by atoms with Gasteiger partial charge in [0.1, 0.15) is 5.75 Å². The van der Waals surface area contributed by atoms with Gasteiger partial charge in [-0.1, -0.05) is 12.1 Å². The second-order valence-corrected chi connectivity index (χ2v) is 7.84. The number of hydrogen-bond donors (Lipinski definition) is 2. The Morgan fingerprint density at radius 1 is 1.13 bits per heavy atom. The van der Waals surface area contributed by atoms with E-state index in [0.29, 0.717) is 36.2 Å². The van der Waals surface area contributed by atoms with Crippen LogP contribution in [-0.2, 0) is 4.79 Å². The minimum atomic E-state index is -0.139. The molecular weight excluding hydrogens is 414 g/mol. The average Bonchev–Trinajstić information content (AvgIpc) is 3.30. The predicted molar refractivity (Wildman–Crippen MR) is 121 cm³/mol. The Morgan fingerprint density at radius 3 is 2.68 bits per heavy atom. The maximum Gasteiger partial charge on any atom is 0.250 e. The van der Waals surface area contributed by atoms with Crippen LogP contribution in [0.2, 0.25) is 0 Å². The summed E-state index contributed by atoms with van der Waals surface area (Å²) in [5.41, 5.74) is 3.60. The van der Waals surface area contributed by atoms with Crippen molar-refractivity contribution < 1.29 is 9.53 Å². The second kappa shape index (κ2) is 9.09. The number of aromatic nitrogens is 5. The topological polar surface area (TPSA) is 106 Å². The Kier molecular flexibility index (Phi) is 6.08. The van der Waals surface area contributed by atoms with Gasteiger partial charge in [0.15, 0.2) is 0 Å². The molecule has 1 aromatic carbocycles. The maximum absolute atomic E-state index is 12.3. The van der Waals surface area contributed by atoms with Gasteiger partial charge in [0.2, 0.25) is 22.8 Å². The molecular formula is C21H23N7O2S. The van der Waals surface area contributed by atoms with Crippen LogP contribution in [0.5, 0.6) is 5.75 Å². The molecule has 2 N–H and O–H groups in total. The van der Waals surface area contributed by atoms with Crippen LogP contribution in [0.4, 0.5) is 11.9 Å². The first-order chi connectivity index (χ1) is 15.0. The Labute approximate surface area is 183 Å². The quantitative estimate of drug-likeness (QED) is 0.405. The number of aryl methyl sites for hydroxylation is 2. The first-order valence-corrected chi connectivity index (χ1v) is 10.7. The van der Waals surface area contributed by atoms with Crippen molar-refractivity contribution in [1.82, 2.24) is 24.6 Å². The van der Waals surface area contributed by atoms with E-state index in [4.69, 9.17) is 4.74 Å². The molecule has 10 heteroatoms. The van der Waals surface area contributed by atoms with Gasteiger partial charge in [0, 0.05) is 35.3 Å². The fraction of sp³-hybridized carbons (Fsp3) is 0.286. The second-order valence-electron chi connectivity index (χ2n) is 7.00. The highest BCUT2D eigenvalue weighted by molar-refractivity contribution is 7.15. The number of nitrogens with one attached hydrogen (secondary N) is 2. The van der Waals surface area contributed by atoms with Crippen LogP contribution in [0.1, 0.15) is 24.2 Å². The molecule has 9 nitrogen and oxygen atoms in total. The fourth-order valence-corrected chi connectivity index (χ4v) is 4.04. The minimum absolute atomic E-state index is 0.139. The molecule has 0 bridgehead atoms. The lowest BCUT2D eigenvalue weighted by atomic mass is 10.1. The van der Waals surface area contributed by atoms with Crippen molar-refractivity contribution in [2.24, 2.45) is 0 Å². The Morgan fingerprint density at radius 2 is 1.90 bits per heavy atom. The molecule has 0 saturated heterocycles. The number of methoxy groups -OCH3 is 1. The fourth-order valence-electron chi connectivity index (χ4n) is 3.22. The van der Waals surface area contributed by atoms with E-state index in [1.807, 2.05) is 49.6 Å². The van der Waals surface area contributed by atoms with E-state index >= 15 is 0 Å². The van der Waals surface area contributed by atoms with E-state index in [0.717, 1.165) is 28.4 Å². The van der Waals surface area contributed by atoms with E-state index in [1.165, 1.54) is 11.3 Å². The van der Waals surface area contributed by atoms with Crippen LogP contribution in [-0.4, -0.2) is 44.1 Å². The van der Waals surface area contributed by atoms with Gasteiger partial charge in [-0.3, -0.25) is 10.1 Å². The minimum Gasteiger partial charge on any atom is -0.496 e. The molecule has 3 heterocycles. The van der Waals surface area contributed by atoms with Crippen molar-refractivity contribution in [2.75, 3.05) is 24.3 Å². The molecule has 0 aliphatic rings. The third kappa shape index (κ3) is 4.80. The monoisotopic (exact) mass is 437 g/mol. The summed E-state index contributed by atoms with van der Waals surface area (Å²) < 4.78 is 7.17. The Balaban J connectivity index is 1.35. The summed E-state index contributed by atoms with van der Waals surface area (Å²) in [6.07, 6.45) is 0.973. The lowest BCUT2D eigenvalue weighted by Crippen LogP contribution is -2.15. The van der Waals surface area contributed by atoms with Crippen molar-refractivity contribution in [2.45, 2.75) is 26.7 Å². The number of nitrogens with zero attached hydrogens (tertiary/aromatic N) is 5. The molecule has 0 radical (unpaired) electrons. The summed E-state index contributed by atoms with van der Waals surface area (Å²) in [5, 5.41) is 12.4. The summed E-state index contributed by atoms with van der Waals surface area (Å²) in [7, 11) is 1.64. The highest BCUT2D eigenvalue weighted by Crippen LogP contribution is 2.32. The van der Waals surface area contributed by atoms with E-state index in [1.54, 1.807) is 11.6 Å². The third-order valence-corrected chi connectivity index (χ3v) is 5.38. The van der Waals surface area contributed by atoms with Gasteiger partial charge in [-0.15, -0.1) is 16.4 Å². The smallest absolute Gasteiger partial charge is 0.250 e. The number of fused-ring (bicyclic) bond motifs is 1. The van der Waals surface area contributed by atoms with Gasteiger partial charge < -0.3 is 10.1 Å². The van der Waals surface area contributed by atoms with Crippen LogP contribution in [0.15, 0.2) is 35.7 Å². The third-order valence-electron chi connectivity index (χ3n) is 4.56. The number of para-hydroxylation sites is 1. The first kappa shape index (κ1) is 20.7. The van der Waals surface area contributed by atoms with E-state index in [9.17, 15) is 4.79 Å². The van der Waals surface area contributed by atoms with Gasteiger partial charge in [0.25, 0.3) is 0 Å². The lowest BCUT2D eigenvalue weighted by Gasteiger charge is -2.06. The number of hydrogen-bond acceptors (Lipinski definition) is 8. The molecule has 0 atom stereocenters. The summed E-state index contributed by atoms with van der Waals surface area (Å²) in [6, 6.07) is 9.64. The molecule has 0 aliphatic carbocycles. The van der Waals surface area contributed by atoms with Gasteiger partial charge in [-0.05, 0) is 38.5 Å². The molecule has 1 amide bonds. The number of carbonyl (C=O) groups is 1. The van der Waals surface area contributed by atoms with Crippen LogP contribution >= 0.6 is 11.3 Å². The SMILES string of the molecule is COc1ccccc1-c1csc2nc(NC(=O)CCCNc3nc(C)cc(C)n3)nn12. The van der Waals surface area contributed by atoms with E-state index in [2.05, 4.69) is 30.7 Å². The van der Waals surface area contributed by atoms with Gasteiger partial charge in [0.05, 0.1) is 12.8 Å². The molecule has 4 rings (SSSR count). The average molecular weight is 438 g/mol. The van der Waals surface area contributed by atoms with E-state index in [-0.39, 0.29) is 5.91 Å². The Hall–Kier alpha value is -3.53. The van der Waals surface area contributed by atoms with Crippen LogP contribution in [0, 0.1) is 13.8 Å². The highest BCUT2D eigenvalue weighted by atomic mass is 32.1. The predicted octanol–water partition coefficient (Wildman–Crippen LogP) is 3.70. The molecule has 0 spiro atoms. The molecule has 0 aliphatic heterocycles. The van der Waals surface area contributed by atoms with Crippen LogP contribution < -0.4 is 15.4 Å².